The van der Waals surface area contributed by atoms with Crippen LogP contribution in [0.25, 0.3) is 0 Å². The van der Waals surface area contributed by atoms with E-state index in [-0.39, 0.29) is 0 Å². The monoisotopic (exact) mass is 258 g/mol. The maximum atomic E-state index is 5.93. The number of nitrogens with one attached hydrogen (secondary N) is 1. The second kappa shape index (κ2) is 5.05. The van der Waals surface area contributed by atoms with Crippen molar-refractivity contribution in [2.24, 2.45) is 5.41 Å². The second-order valence-electron chi connectivity index (χ2n) is 4.91. The van der Waals surface area contributed by atoms with Crippen molar-refractivity contribution < 1.29 is 0 Å². The minimum absolute atomic E-state index is 0.546. The first-order chi connectivity index (χ1) is 7.63. The summed E-state index contributed by atoms with van der Waals surface area (Å²) in [6, 6.07) is 4.11. The van der Waals surface area contributed by atoms with Crippen molar-refractivity contribution in [1.29, 1.82) is 0 Å². The molecule has 0 spiro atoms. The van der Waals surface area contributed by atoms with E-state index in [1.165, 1.54) is 24.3 Å². The van der Waals surface area contributed by atoms with Gasteiger partial charge in [-0.2, -0.15) is 0 Å². The van der Waals surface area contributed by atoms with Gasteiger partial charge in [-0.15, -0.1) is 11.3 Å². The van der Waals surface area contributed by atoms with Gasteiger partial charge in [-0.3, -0.25) is 0 Å². The Balaban J connectivity index is 1.82. The SMILES string of the molecule is CNCC1(CN(C)Cc2ccc(Cl)s2)CC1. The van der Waals surface area contributed by atoms with E-state index >= 15 is 0 Å². The van der Waals surface area contributed by atoms with Gasteiger partial charge in [0.15, 0.2) is 0 Å². The smallest absolute Gasteiger partial charge is 0.0931 e. The van der Waals surface area contributed by atoms with E-state index in [1.54, 1.807) is 11.3 Å². The molecule has 0 radical (unpaired) electrons. The third-order valence-corrected chi connectivity index (χ3v) is 4.38. The first kappa shape index (κ1) is 12.4. The minimum atomic E-state index is 0.546. The van der Waals surface area contributed by atoms with Crippen molar-refractivity contribution in [2.75, 3.05) is 27.2 Å². The molecule has 1 aliphatic rings. The molecule has 0 amide bonds. The van der Waals surface area contributed by atoms with Crippen molar-refractivity contribution in [1.82, 2.24) is 10.2 Å². The van der Waals surface area contributed by atoms with Crippen molar-refractivity contribution in [3.63, 3.8) is 0 Å². The summed E-state index contributed by atoms with van der Waals surface area (Å²) in [5, 5.41) is 3.30. The van der Waals surface area contributed by atoms with Gasteiger partial charge in [-0.25, -0.2) is 0 Å². The van der Waals surface area contributed by atoms with E-state index in [2.05, 4.69) is 23.3 Å². The van der Waals surface area contributed by atoms with Crippen LogP contribution in [0.2, 0.25) is 4.34 Å². The van der Waals surface area contributed by atoms with Crippen LogP contribution in [0.3, 0.4) is 0 Å². The quantitative estimate of drug-likeness (QED) is 0.844. The van der Waals surface area contributed by atoms with Crippen molar-refractivity contribution >= 4 is 22.9 Å². The number of hydrogen-bond acceptors (Lipinski definition) is 3. The summed E-state index contributed by atoms with van der Waals surface area (Å²) in [7, 11) is 4.24. The standard InChI is InChI=1S/C12H19ClN2S/c1-14-8-12(5-6-12)9-15(2)7-10-3-4-11(13)16-10/h3-4,14H,5-9H2,1-2H3. The van der Waals surface area contributed by atoms with Gasteiger partial charge in [0.1, 0.15) is 0 Å². The summed E-state index contributed by atoms with van der Waals surface area (Å²) in [6.07, 6.45) is 2.73. The average molecular weight is 259 g/mol. The lowest BCUT2D eigenvalue weighted by Crippen LogP contribution is -2.32. The van der Waals surface area contributed by atoms with Gasteiger partial charge in [0.2, 0.25) is 0 Å². The van der Waals surface area contributed by atoms with Crippen LogP contribution in [0.5, 0.6) is 0 Å². The molecule has 90 valence electrons. The molecule has 0 aromatic carbocycles. The van der Waals surface area contributed by atoms with Crippen LogP contribution in [-0.2, 0) is 6.54 Å². The fraction of sp³-hybridized carbons (Fsp3) is 0.667. The highest BCUT2D eigenvalue weighted by atomic mass is 35.5. The van der Waals surface area contributed by atoms with Crippen LogP contribution in [-0.4, -0.2) is 32.1 Å². The maximum Gasteiger partial charge on any atom is 0.0931 e. The number of nitrogens with zero attached hydrogens (tertiary/aromatic N) is 1. The molecule has 1 aromatic rings. The van der Waals surface area contributed by atoms with Crippen molar-refractivity contribution in [3.8, 4) is 0 Å². The highest BCUT2D eigenvalue weighted by Crippen LogP contribution is 2.45. The number of rotatable bonds is 6. The van der Waals surface area contributed by atoms with E-state index in [0.717, 1.165) is 17.4 Å². The van der Waals surface area contributed by atoms with Gasteiger partial charge in [-0.1, -0.05) is 11.6 Å². The lowest BCUT2D eigenvalue weighted by Gasteiger charge is -2.22. The van der Waals surface area contributed by atoms with Gasteiger partial charge in [-0.05, 0) is 44.5 Å². The molecule has 1 heterocycles. The summed E-state index contributed by atoms with van der Waals surface area (Å²) in [4.78, 5) is 3.76. The summed E-state index contributed by atoms with van der Waals surface area (Å²) >= 11 is 7.61. The molecule has 1 aromatic heterocycles. The van der Waals surface area contributed by atoms with Gasteiger partial charge >= 0.3 is 0 Å². The summed E-state index contributed by atoms with van der Waals surface area (Å²) in [5.74, 6) is 0. The Morgan fingerprint density at radius 1 is 1.50 bits per heavy atom. The first-order valence-electron chi connectivity index (χ1n) is 5.71. The Morgan fingerprint density at radius 3 is 2.75 bits per heavy atom. The number of thiophene rings is 1. The lowest BCUT2D eigenvalue weighted by atomic mass is 10.1. The molecule has 0 atom stereocenters. The number of hydrogen-bond donors (Lipinski definition) is 1. The van der Waals surface area contributed by atoms with Gasteiger partial charge in [0.25, 0.3) is 0 Å². The van der Waals surface area contributed by atoms with E-state index < -0.39 is 0 Å². The van der Waals surface area contributed by atoms with Crippen molar-refractivity contribution in [2.45, 2.75) is 19.4 Å². The highest BCUT2D eigenvalue weighted by Gasteiger charge is 2.42. The van der Waals surface area contributed by atoms with Crippen LogP contribution in [0.15, 0.2) is 12.1 Å². The molecule has 2 rings (SSSR count). The molecule has 16 heavy (non-hydrogen) atoms. The number of halogens is 1. The Hall–Kier alpha value is -0.0900. The fourth-order valence-electron chi connectivity index (χ4n) is 2.27. The van der Waals surface area contributed by atoms with Crippen LogP contribution >= 0.6 is 22.9 Å². The van der Waals surface area contributed by atoms with E-state index in [9.17, 15) is 0 Å². The molecule has 4 heteroatoms. The van der Waals surface area contributed by atoms with Gasteiger partial charge in [0, 0.05) is 24.5 Å². The normalized spacial score (nSPS) is 18.0. The van der Waals surface area contributed by atoms with E-state index in [1.807, 2.05) is 13.1 Å². The second-order valence-corrected chi connectivity index (χ2v) is 6.71. The third-order valence-electron chi connectivity index (χ3n) is 3.17. The zero-order valence-corrected chi connectivity index (χ0v) is 11.5. The molecule has 1 fully saturated rings. The molecule has 0 unspecified atom stereocenters. The van der Waals surface area contributed by atoms with Crippen molar-refractivity contribution in [3.05, 3.63) is 21.3 Å². The Kier molecular flexibility index (Phi) is 3.90. The van der Waals surface area contributed by atoms with Gasteiger partial charge in [0.05, 0.1) is 4.34 Å². The van der Waals surface area contributed by atoms with Crippen LogP contribution in [0.1, 0.15) is 17.7 Å². The lowest BCUT2D eigenvalue weighted by molar-refractivity contribution is 0.254. The van der Waals surface area contributed by atoms with Crippen LogP contribution in [0, 0.1) is 5.41 Å². The molecular formula is C12H19ClN2S. The largest absolute Gasteiger partial charge is 0.319 e. The predicted octanol–water partition coefficient (Wildman–Crippen LogP) is 2.83. The zero-order valence-electron chi connectivity index (χ0n) is 9.92. The molecule has 0 aliphatic heterocycles. The Morgan fingerprint density at radius 2 is 2.25 bits per heavy atom. The highest BCUT2D eigenvalue weighted by molar-refractivity contribution is 7.16. The molecular weight excluding hydrogens is 240 g/mol. The van der Waals surface area contributed by atoms with E-state index in [4.69, 9.17) is 11.6 Å². The Labute approximate surface area is 107 Å². The summed E-state index contributed by atoms with van der Waals surface area (Å²) in [6.45, 7) is 3.34. The zero-order chi connectivity index (χ0) is 11.6. The van der Waals surface area contributed by atoms with Crippen LogP contribution in [0.4, 0.5) is 0 Å². The predicted molar refractivity (Wildman–Crippen MR) is 71.3 cm³/mol. The Bertz CT molecular complexity index is 347. The summed E-state index contributed by atoms with van der Waals surface area (Å²) in [5.41, 5.74) is 0.546. The molecule has 1 N–H and O–H groups in total. The minimum Gasteiger partial charge on any atom is -0.319 e. The molecule has 2 nitrogen and oxygen atoms in total. The van der Waals surface area contributed by atoms with E-state index in [0.29, 0.717) is 5.41 Å². The molecule has 0 saturated heterocycles. The average Bonchev–Trinajstić information content (AvgIpc) is 2.82. The maximum absolute atomic E-state index is 5.93. The topological polar surface area (TPSA) is 15.3 Å². The fourth-order valence-corrected chi connectivity index (χ4v) is 3.44. The molecule has 1 aliphatic carbocycles. The molecule has 1 saturated carbocycles. The third kappa shape index (κ3) is 3.20. The molecule has 0 bridgehead atoms. The summed E-state index contributed by atoms with van der Waals surface area (Å²) < 4.78 is 0.889. The first-order valence-corrected chi connectivity index (χ1v) is 6.90. The van der Waals surface area contributed by atoms with Gasteiger partial charge < -0.3 is 10.2 Å². The van der Waals surface area contributed by atoms with Crippen LogP contribution < -0.4 is 5.32 Å².